The van der Waals surface area contributed by atoms with Crippen LogP contribution in [-0.4, -0.2) is 24.0 Å². The zero-order chi connectivity index (χ0) is 13.7. The molecular formula is C17H28N2. The minimum absolute atomic E-state index is 0.646. The SMILES string of the molecule is CC(C)CCC(C)NCCN1Cc2ccccc2C1. The molecule has 2 heteroatoms. The van der Waals surface area contributed by atoms with Crippen LogP contribution in [0.25, 0.3) is 0 Å². The van der Waals surface area contributed by atoms with E-state index in [9.17, 15) is 0 Å². The molecule has 0 amide bonds. The van der Waals surface area contributed by atoms with Gasteiger partial charge in [0.15, 0.2) is 0 Å². The van der Waals surface area contributed by atoms with Crippen molar-refractivity contribution < 1.29 is 0 Å². The van der Waals surface area contributed by atoms with Crippen molar-refractivity contribution >= 4 is 0 Å². The van der Waals surface area contributed by atoms with Gasteiger partial charge < -0.3 is 5.32 Å². The van der Waals surface area contributed by atoms with Crippen LogP contribution >= 0.6 is 0 Å². The number of hydrogen-bond acceptors (Lipinski definition) is 2. The third-order valence-corrected chi connectivity index (χ3v) is 4.00. The fraction of sp³-hybridized carbons (Fsp3) is 0.647. The molecule has 106 valence electrons. The van der Waals surface area contributed by atoms with E-state index in [1.165, 1.54) is 24.0 Å². The van der Waals surface area contributed by atoms with Gasteiger partial charge in [0.25, 0.3) is 0 Å². The highest BCUT2D eigenvalue weighted by Crippen LogP contribution is 2.21. The van der Waals surface area contributed by atoms with Gasteiger partial charge in [-0.1, -0.05) is 38.1 Å². The third kappa shape index (κ3) is 4.63. The minimum atomic E-state index is 0.646. The van der Waals surface area contributed by atoms with Crippen LogP contribution in [0.1, 0.15) is 44.7 Å². The molecule has 1 atom stereocenters. The van der Waals surface area contributed by atoms with Crippen molar-refractivity contribution in [2.24, 2.45) is 5.92 Å². The number of rotatable bonds is 7. The van der Waals surface area contributed by atoms with E-state index in [0.717, 1.165) is 32.1 Å². The maximum atomic E-state index is 3.65. The van der Waals surface area contributed by atoms with E-state index in [-0.39, 0.29) is 0 Å². The highest BCUT2D eigenvalue weighted by Gasteiger charge is 2.17. The van der Waals surface area contributed by atoms with Gasteiger partial charge in [0.1, 0.15) is 0 Å². The largest absolute Gasteiger partial charge is 0.313 e. The van der Waals surface area contributed by atoms with E-state index in [4.69, 9.17) is 0 Å². The first-order chi connectivity index (χ1) is 9.15. The summed E-state index contributed by atoms with van der Waals surface area (Å²) in [6.07, 6.45) is 2.61. The molecule has 0 saturated carbocycles. The van der Waals surface area contributed by atoms with Crippen molar-refractivity contribution in [3.8, 4) is 0 Å². The Balaban J connectivity index is 1.63. The van der Waals surface area contributed by atoms with Gasteiger partial charge in [-0.15, -0.1) is 0 Å². The Morgan fingerprint density at radius 1 is 1.05 bits per heavy atom. The van der Waals surface area contributed by atoms with Gasteiger partial charge in [0, 0.05) is 32.2 Å². The molecule has 0 aromatic heterocycles. The van der Waals surface area contributed by atoms with Gasteiger partial charge in [-0.05, 0) is 36.8 Å². The van der Waals surface area contributed by atoms with Gasteiger partial charge in [0.2, 0.25) is 0 Å². The lowest BCUT2D eigenvalue weighted by Crippen LogP contribution is -2.34. The average Bonchev–Trinajstić information content (AvgIpc) is 2.79. The van der Waals surface area contributed by atoms with Gasteiger partial charge in [-0.25, -0.2) is 0 Å². The topological polar surface area (TPSA) is 15.3 Å². The van der Waals surface area contributed by atoms with Crippen LogP contribution in [0.5, 0.6) is 0 Å². The Morgan fingerprint density at radius 2 is 1.68 bits per heavy atom. The van der Waals surface area contributed by atoms with Crippen LogP contribution in [-0.2, 0) is 13.1 Å². The summed E-state index contributed by atoms with van der Waals surface area (Å²) in [7, 11) is 0. The van der Waals surface area contributed by atoms with E-state index in [1.807, 2.05) is 0 Å². The van der Waals surface area contributed by atoms with Crippen LogP contribution < -0.4 is 5.32 Å². The van der Waals surface area contributed by atoms with Crippen molar-refractivity contribution in [1.82, 2.24) is 10.2 Å². The predicted molar refractivity (Wildman–Crippen MR) is 82.1 cm³/mol. The smallest absolute Gasteiger partial charge is 0.0241 e. The summed E-state index contributed by atoms with van der Waals surface area (Å²) in [5, 5.41) is 3.65. The van der Waals surface area contributed by atoms with E-state index in [2.05, 4.69) is 55.3 Å². The van der Waals surface area contributed by atoms with Gasteiger partial charge >= 0.3 is 0 Å². The molecule has 0 saturated heterocycles. The Labute approximate surface area is 118 Å². The van der Waals surface area contributed by atoms with Crippen LogP contribution in [0, 0.1) is 5.92 Å². The number of hydrogen-bond donors (Lipinski definition) is 1. The summed E-state index contributed by atoms with van der Waals surface area (Å²) in [6, 6.07) is 9.46. The average molecular weight is 260 g/mol. The molecule has 1 aromatic carbocycles. The molecule has 2 nitrogen and oxygen atoms in total. The van der Waals surface area contributed by atoms with Crippen LogP contribution in [0.15, 0.2) is 24.3 Å². The molecule has 0 aliphatic carbocycles. The first-order valence-corrected chi connectivity index (χ1v) is 7.67. The Hall–Kier alpha value is -0.860. The lowest BCUT2D eigenvalue weighted by atomic mass is 10.0. The number of fused-ring (bicyclic) bond motifs is 1. The van der Waals surface area contributed by atoms with Gasteiger partial charge in [-0.2, -0.15) is 0 Å². The molecule has 2 rings (SSSR count). The van der Waals surface area contributed by atoms with Gasteiger partial charge in [0.05, 0.1) is 0 Å². The van der Waals surface area contributed by atoms with Crippen molar-refractivity contribution in [1.29, 1.82) is 0 Å². The molecule has 0 spiro atoms. The highest BCUT2D eigenvalue weighted by molar-refractivity contribution is 5.30. The summed E-state index contributed by atoms with van der Waals surface area (Å²) < 4.78 is 0. The summed E-state index contributed by atoms with van der Waals surface area (Å²) in [5.74, 6) is 0.817. The van der Waals surface area contributed by atoms with Crippen molar-refractivity contribution in [2.75, 3.05) is 13.1 Å². The van der Waals surface area contributed by atoms with Crippen molar-refractivity contribution in [3.05, 3.63) is 35.4 Å². The third-order valence-electron chi connectivity index (χ3n) is 4.00. The fourth-order valence-corrected chi connectivity index (χ4v) is 2.72. The normalized spacial score (nSPS) is 16.8. The molecule has 1 heterocycles. The summed E-state index contributed by atoms with van der Waals surface area (Å²) in [5.41, 5.74) is 3.02. The molecule has 1 aliphatic rings. The van der Waals surface area contributed by atoms with E-state index in [0.29, 0.717) is 6.04 Å². The predicted octanol–water partition coefficient (Wildman–Crippen LogP) is 3.42. The number of nitrogens with one attached hydrogen (secondary N) is 1. The second-order valence-electron chi connectivity index (χ2n) is 6.31. The van der Waals surface area contributed by atoms with Crippen LogP contribution in [0.3, 0.4) is 0 Å². The Kier molecular flexibility index (Phi) is 5.41. The molecule has 1 N–H and O–H groups in total. The molecule has 1 unspecified atom stereocenters. The minimum Gasteiger partial charge on any atom is -0.313 e. The summed E-state index contributed by atoms with van der Waals surface area (Å²) >= 11 is 0. The second-order valence-corrected chi connectivity index (χ2v) is 6.31. The zero-order valence-electron chi connectivity index (χ0n) is 12.7. The second kappa shape index (κ2) is 7.06. The maximum absolute atomic E-state index is 3.65. The molecule has 1 aliphatic heterocycles. The monoisotopic (exact) mass is 260 g/mol. The van der Waals surface area contributed by atoms with Gasteiger partial charge in [-0.3, -0.25) is 4.90 Å². The van der Waals surface area contributed by atoms with E-state index < -0.39 is 0 Å². The lowest BCUT2D eigenvalue weighted by molar-refractivity contribution is 0.277. The Bertz CT molecular complexity index is 362. The van der Waals surface area contributed by atoms with Crippen LogP contribution in [0.2, 0.25) is 0 Å². The molecular weight excluding hydrogens is 232 g/mol. The quantitative estimate of drug-likeness (QED) is 0.808. The molecule has 0 radical (unpaired) electrons. The van der Waals surface area contributed by atoms with Crippen molar-refractivity contribution in [3.63, 3.8) is 0 Å². The van der Waals surface area contributed by atoms with E-state index >= 15 is 0 Å². The number of benzene rings is 1. The fourth-order valence-electron chi connectivity index (χ4n) is 2.72. The zero-order valence-corrected chi connectivity index (χ0v) is 12.7. The first-order valence-electron chi connectivity index (χ1n) is 7.67. The van der Waals surface area contributed by atoms with Crippen LogP contribution in [0.4, 0.5) is 0 Å². The molecule has 19 heavy (non-hydrogen) atoms. The molecule has 0 bridgehead atoms. The van der Waals surface area contributed by atoms with E-state index in [1.54, 1.807) is 0 Å². The maximum Gasteiger partial charge on any atom is 0.0241 e. The lowest BCUT2D eigenvalue weighted by Gasteiger charge is -2.19. The van der Waals surface area contributed by atoms with Crippen molar-refractivity contribution in [2.45, 2.75) is 52.7 Å². The standard InChI is InChI=1S/C17H28N2/c1-14(2)8-9-15(3)18-10-11-19-12-16-6-4-5-7-17(16)13-19/h4-7,14-15,18H,8-13H2,1-3H3. The first kappa shape index (κ1) is 14.5. The molecule has 1 aromatic rings. The Morgan fingerprint density at radius 3 is 2.26 bits per heavy atom. The molecule has 0 fully saturated rings. The summed E-state index contributed by atoms with van der Waals surface area (Å²) in [4.78, 5) is 2.53. The highest BCUT2D eigenvalue weighted by atomic mass is 15.2. The summed E-state index contributed by atoms with van der Waals surface area (Å²) in [6.45, 7) is 11.4. The number of nitrogens with zero attached hydrogens (tertiary/aromatic N) is 1.